The van der Waals surface area contributed by atoms with Crippen LogP contribution in [0.4, 0.5) is 5.82 Å². The number of hydrogen-bond donors (Lipinski definition) is 2. The number of nitrogens with one attached hydrogen (secondary N) is 1. The molecule has 1 aliphatic heterocycles. The molecule has 19 heavy (non-hydrogen) atoms. The zero-order chi connectivity index (χ0) is 14.0. The molecule has 1 aromatic heterocycles. The van der Waals surface area contributed by atoms with Crippen molar-refractivity contribution < 1.29 is 9.53 Å². The Bertz CT molecular complexity index is 451. The molecule has 3 N–H and O–H groups in total. The van der Waals surface area contributed by atoms with Gasteiger partial charge in [-0.15, -0.1) is 0 Å². The molecule has 0 aliphatic carbocycles. The first-order valence-corrected chi connectivity index (χ1v) is 6.52. The molecule has 0 saturated carbocycles. The van der Waals surface area contributed by atoms with Gasteiger partial charge in [-0.3, -0.25) is 10.1 Å². The smallest absolute Gasteiger partial charge is 0.312 e. The third-order valence-corrected chi connectivity index (χ3v) is 3.23. The molecule has 2 atom stereocenters. The van der Waals surface area contributed by atoms with Crippen molar-refractivity contribution in [3.8, 4) is 0 Å². The Morgan fingerprint density at radius 2 is 2.21 bits per heavy atom. The molecule has 0 aromatic carbocycles. The number of esters is 1. The maximum atomic E-state index is 11.8. The molecule has 104 valence electrons. The fourth-order valence-corrected chi connectivity index (χ4v) is 2.01. The SMILES string of the molecule is CC(C)(C)C(=O)OC1C[C@H](c2ccc(N)nc2)CN1. The standard InChI is InChI=1S/C14H21N3O2/c1-14(2,3)13(18)19-12-6-10(8-17-12)9-4-5-11(15)16-7-9/h4-5,7,10,12,17H,6,8H2,1-3H3,(H2,15,16)/t10-,12?/m0/s1. The lowest BCUT2D eigenvalue weighted by atomic mass is 9.97. The highest BCUT2D eigenvalue weighted by Crippen LogP contribution is 2.27. The van der Waals surface area contributed by atoms with Crippen LogP contribution < -0.4 is 11.1 Å². The average Bonchev–Trinajstić information content (AvgIpc) is 2.77. The second kappa shape index (κ2) is 5.17. The van der Waals surface area contributed by atoms with E-state index < -0.39 is 5.41 Å². The van der Waals surface area contributed by atoms with Gasteiger partial charge in [0.1, 0.15) is 5.82 Å². The number of rotatable bonds is 2. The summed E-state index contributed by atoms with van der Waals surface area (Å²) in [7, 11) is 0. The third kappa shape index (κ3) is 3.44. The highest BCUT2D eigenvalue weighted by Gasteiger charge is 2.31. The number of nitrogens with zero attached hydrogens (tertiary/aromatic N) is 1. The lowest BCUT2D eigenvalue weighted by molar-refractivity contribution is -0.159. The summed E-state index contributed by atoms with van der Waals surface area (Å²) in [6, 6.07) is 3.77. The van der Waals surface area contributed by atoms with Crippen molar-refractivity contribution in [1.29, 1.82) is 0 Å². The van der Waals surface area contributed by atoms with Crippen LogP contribution in [0, 0.1) is 5.41 Å². The molecular weight excluding hydrogens is 242 g/mol. The van der Waals surface area contributed by atoms with Crippen LogP contribution in [-0.4, -0.2) is 23.7 Å². The summed E-state index contributed by atoms with van der Waals surface area (Å²) in [6.07, 6.45) is 2.34. The van der Waals surface area contributed by atoms with E-state index in [1.165, 1.54) is 0 Å². The van der Waals surface area contributed by atoms with Crippen molar-refractivity contribution in [2.45, 2.75) is 39.3 Å². The van der Waals surface area contributed by atoms with E-state index in [1.54, 1.807) is 12.3 Å². The second-order valence-corrected chi connectivity index (χ2v) is 6.00. The molecule has 2 heterocycles. The molecule has 0 bridgehead atoms. The molecule has 1 fully saturated rings. The molecule has 1 aromatic rings. The van der Waals surface area contributed by atoms with Gasteiger partial charge in [-0.2, -0.15) is 0 Å². The molecule has 1 aliphatic rings. The van der Waals surface area contributed by atoms with Gasteiger partial charge < -0.3 is 10.5 Å². The highest BCUT2D eigenvalue weighted by molar-refractivity contribution is 5.75. The second-order valence-electron chi connectivity index (χ2n) is 6.00. The molecule has 1 unspecified atom stereocenters. The fraction of sp³-hybridized carbons (Fsp3) is 0.571. The molecule has 5 nitrogen and oxygen atoms in total. The summed E-state index contributed by atoms with van der Waals surface area (Å²) in [5.41, 5.74) is 6.22. The summed E-state index contributed by atoms with van der Waals surface area (Å²) < 4.78 is 5.46. The number of ether oxygens (including phenoxy) is 1. The van der Waals surface area contributed by atoms with Gasteiger partial charge in [-0.05, 0) is 32.4 Å². The van der Waals surface area contributed by atoms with E-state index in [4.69, 9.17) is 10.5 Å². The Morgan fingerprint density at radius 3 is 2.79 bits per heavy atom. The van der Waals surface area contributed by atoms with Gasteiger partial charge in [0.25, 0.3) is 0 Å². The molecule has 0 spiro atoms. The average molecular weight is 263 g/mol. The van der Waals surface area contributed by atoms with Crippen LogP contribution in [0.15, 0.2) is 18.3 Å². The highest BCUT2D eigenvalue weighted by atomic mass is 16.6. The number of hydrogen-bond acceptors (Lipinski definition) is 5. The van der Waals surface area contributed by atoms with Crippen LogP contribution in [0.3, 0.4) is 0 Å². The zero-order valence-corrected chi connectivity index (χ0v) is 11.6. The molecule has 0 amide bonds. The van der Waals surface area contributed by atoms with Crippen molar-refractivity contribution in [1.82, 2.24) is 10.3 Å². The fourth-order valence-electron chi connectivity index (χ4n) is 2.01. The topological polar surface area (TPSA) is 77.2 Å². The Balaban J connectivity index is 1.93. The van der Waals surface area contributed by atoms with E-state index in [0.717, 1.165) is 18.5 Å². The van der Waals surface area contributed by atoms with E-state index in [9.17, 15) is 4.79 Å². The minimum Gasteiger partial charge on any atom is -0.446 e. The maximum absolute atomic E-state index is 11.8. The van der Waals surface area contributed by atoms with Gasteiger partial charge in [0.2, 0.25) is 0 Å². The summed E-state index contributed by atoms with van der Waals surface area (Å²) in [5.74, 6) is 0.650. The van der Waals surface area contributed by atoms with E-state index in [-0.39, 0.29) is 12.2 Å². The number of aromatic nitrogens is 1. The van der Waals surface area contributed by atoms with Crippen LogP contribution in [0.25, 0.3) is 0 Å². The van der Waals surface area contributed by atoms with Gasteiger partial charge in [0.15, 0.2) is 6.23 Å². The van der Waals surface area contributed by atoms with Crippen LogP contribution in [-0.2, 0) is 9.53 Å². The quantitative estimate of drug-likeness (QED) is 0.793. The Labute approximate surface area is 113 Å². The molecule has 5 heteroatoms. The molecule has 1 saturated heterocycles. The van der Waals surface area contributed by atoms with Crippen LogP contribution >= 0.6 is 0 Å². The number of carbonyl (C=O) groups excluding carboxylic acids is 1. The van der Waals surface area contributed by atoms with Crippen LogP contribution in [0.5, 0.6) is 0 Å². The number of nitrogen functional groups attached to an aromatic ring is 1. The third-order valence-electron chi connectivity index (χ3n) is 3.23. The van der Waals surface area contributed by atoms with Gasteiger partial charge in [0.05, 0.1) is 5.41 Å². The van der Waals surface area contributed by atoms with E-state index in [0.29, 0.717) is 11.7 Å². The van der Waals surface area contributed by atoms with Crippen molar-refractivity contribution in [2.75, 3.05) is 12.3 Å². The summed E-state index contributed by atoms with van der Waals surface area (Å²) in [6.45, 7) is 6.34. The van der Waals surface area contributed by atoms with Crippen LogP contribution in [0.1, 0.15) is 38.7 Å². The molecule has 0 radical (unpaired) electrons. The Hall–Kier alpha value is -1.62. The monoisotopic (exact) mass is 263 g/mol. The normalized spacial score (nSPS) is 23.3. The number of nitrogens with two attached hydrogens (primary N) is 1. The lowest BCUT2D eigenvalue weighted by Gasteiger charge is -2.20. The van der Waals surface area contributed by atoms with Gasteiger partial charge in [-0.25, -0.2) is 4.98 Å². The first-order chi connectivity index (χ1) is 8.86. The van der Waals surface area contributed by atoms with E-state index in [2.05, 4.69) is 10.3 Å². The molecule has 2 rings (SSSR count). The lowest BCUT2D eigenvalue weighted by Crippen LogP contribution is -2.33. The van der Waals surface area contributed by atoms with Gasteiger partial charge in [0, 0.05) is 25.1 Å². The minimum atomic E-state index is -0.470. The number of carbonyl (C=O) groups is 1. The van der Waals surface area contributed by atoms with Crippen molar-refractivity contribution >= 4 is 11.8 Å². The van der Waals surface area contributed by atoms with Crippen LogP contribution in [0.2, 0.25) is 0 Å². The van der Waals surface area contributed by atoms with E-state index in [1.807, 2.05) is 26.8 Å². The summed E-state index contributed by atoms with van der Waals surface area (Å²) in [5, 5.41) is 3.22. The minimum absolute atomic E-state index is 0.180. The number of anilines is 1. The van der Waals surface area contributed by atoms with Gasteiger partial charge in [-0.1, -0.05) is 6.07 Å². The summed E-state index contributed by atoms with van der Waals surface area (Å²) >= 11 is 0. The predicted octanol–water partition coefficient (Wildman–Crippen LogP) is 1.66. The first-order valence-electron chi connectivity index (χ1n) is 6.52. The van der Waals surface area contributed by atoms with E-state index >= 15 is 0 Å². The van der Waals surface area contributed by atoms with Crippen molar-refractivity contribution in [2.24, 2.45) is 5.41 Å². The molecular formula is C14H21N3O2. The largest absolute Gasteiger partial charge is 0.446 e. The van der Waals surface area contributed by atoms with Crippen molar-refractivity contribution in [3.63, 3.8) is 0 Å². The first kappa shape index (κ1) is 13.8. The predicted molar refractivity (Wildman–Crippen MR) is 73.3 cm³/mol. The summed E-state index contributed by atoms with van der Waals surface area (Å²) in [4.78, 5) is 15.9. The zero-order valence-electron chi connectivity index (χ0n) is 11.6. The Kier molecular flexibility index (Phi) is 3.75. The number of pyridine rings is 1. The Morgan fingerprint density at radius 1 is 1.47 bits per heavy atom. The van der Waals surface area contributed by atoms with Crippen molar-refractivity contribution in [3.05, 3.63) is 23.9 Å². The maximum Gasteiger partial charge on any atom is 0.312 e. The van der Waals surface area contributed by atoms with Gasteiger partial charge >= 0.3 is 5.97 Å².